The van der Waals surface area contributed by atoms with Gasteiger partial charge in [0.1, 0.15) is 11.6 Å². The van der Waals surface area contributed by atoms with Gasteiger partial charge >= 0.3 is 0 Å². The van der Waals surface area contributed by atoms with Gasteiger partial charge in [0.05, 0.1) is 24.7 Å². The zero-order valence-electron chi connectivity index (χ0n) is 13.2. The summed E-state index contributed by atoms with van der Waals surface area (Å²) < 4.78 is 5.35. The number of hydrogen-bond donors (Lipinski definition) is 1. The second-order valence-electron chi connectivity index (χ2n) is 5.34. The largest absolute Gasteiger partial charge is 0.497 e. The number of piperazine rings is 1. The number of hydrogen-bond acceptors (Lipinski definition) is 5. The average molecular weight is 298 g/mol. The summed E-state index contributed by atoms with van der Waals surface area (Å²) in [4.78, 5) is 11.6. The number of methoxy groups -OCH3 is 1. The van der Waals surface area contributed by atoms with E-state index in [1.165, 1.54) is 0 Å². The normalized spacial score (nSPS) is 14.9. The van der Waals surface area contributed by atoms with Crippen molar-refractivity contribution in [1.82, 2.24) is 15.3 Å². The lowest BCUT2D eigenvalue weighted by Gasteiger charge is -2.30. The summed E-state index contributed by atoms with van der Waals surface area (Å²) in [6.07, 6.45) is 2.80. The fraction of sp³-hybridized carbons (Fsp3) is 0.412. The van der Waals surface area contributed by atoms with Gasteiger partial charge in [0.2, 0.25) is 0 Å². The Bertz CT molecular complexity index is 638. The van der Waals surface area contributed by atoms with Gasteiger partial charge in [-0.3, -0.25) is 0 Å². The fourth-order valence-electron chi connectivity index (χ4n) is 2.70. The molecule has 1 aliphatic rings. The van der Waals surface area contributed by atoms with Gasteiger partial charge in [-0.25, -0.2) is 9.97 Å². The van der Waals surface area contributed by atoms with Crippen LogP contribution in [0.25, 0.3) is 11.3 Å². The predicted octanol–water partition coefficient (Wildman–Crippen LogP) is 2.12. The number of aromatic nitrogens is 2. The van der Waals surface area contributed by atoms with Crippen LogP contribution in [-0.4, -0.2) is 43.3 Å². The van der Waals surface area contributed by atoms with E-state index in [1.54, 1.807) is 7.11 Å². The molecule has 0 atom stereocenters. The maximum absolute atomic E-state index is 5.35. The minimum atomic E-state index is 0.832. The first-order chi connectivity index (χ1) is 10.8. The Labute approximate surface area is 131 Å². The third-order valence-corrected chi connectivity index (χ3v) is 3.94. The molecule has 116 valence electrons. The highest BCUT2D eigenvalue weighted by molar-refractivity contribution is 5.75. The minimum Gasteiger partial charge on any atom is -0.497 e. The lowest BCUT2D eigenvalue weighted by atomic mass is 10.1. The third kappa shape index (κ3) is 3.04. The number of nitrogens with one attached hydrogen (secondary N) is 1. The standard InChI is InChI=1S/C17H22N4O/c1-3-16-19-12-15(21-9-7-18-8-10-21)17(20-16)13-5-4-6-14(11-13)22-2/h4-6,11-12,18H,3,7-10H2,1-2H3. The molecule has 0 aliphatic carbocycles. The molecule has 1 N–H and O–H groups in total. The summed E-state index contributed by atoms with van der Waals surface area (Å²) in [5.41, 5.74) is 3.17. The van der Waals surface area contributed by atoms with Crippen molar-refractivity contribution in [2.45, 2.75) is 13.3 Å². The van der Waals surface area contributed by atoms with Crippen molar-refractivity contribution in [3.8, 4) is 17.0 Å². The van der Waals surface area contributed by atoms with E-state index in [4.69, 9.17) is 9.72 Å². The van der Waals surface area contributed by atoms with Gasteiger partial charge in [0, 0.05) is 38.2 Å². The summed E-state index contributed by atoms with van der Waals surface area (Å²) >= 11 is 0. The average Bonchev–Trinajstić information content (AvgIpc) is 2.62. The van der Waals surface area contributed by atoms with E-state index in [2.05, 4.69) is 28.2 Å². The van der Waals surface area contributed by atoms with Crippen LogP contribution < -0.4 is 15.0 Å². The summed E-state index contributed by atoms with van der Waals surface area (Å²) in [6.45, 7) is 6.02. The van der Waals surface area contributed by atoms with Crippen LogP contribution in [0.1, 0.15) is 12.7 Å². The number of aryl methyl sites for hydroxylation is 1. The molecule has 3 rings (SSSR count). The molecule has 2 aromatic rings. The molecule has 5 heteroatoms. The zero-order valence-corrected chi connectivity index (χ0v) is 13.2. The quantitative estimate of drug-likeness (QED) is 0.937. The molecular weight excluding hydrogens is 276 g/mol. The van der Waals surface area contributed by atoms with Crippen molar-refractivity contribution in [3.63, 3.8) is 0 Å². The lowest BCUT2D eigenvalue weighted by Crippen LogP contribution is -2.43. The van der Waals surface area contributed by atoms with E-state index in [1.807, 2.05) is 24.4 Å². The van der Waals surface area contributed by atoms with Crippen LogP contribution in [0.3, 0.4) is 0 Å². The first-order valence-corrected chi connectivity index (χ1v) is 7.78. The molecule has 0 spiro atoms. The maximum atomic E-state index is 5.35. The number of nitrogens with zero attached hydrogens (tertiary/aromatic N) is 3. The zero-order chi connectivity index (χ0) is 15.4. The van der Waals surface area contributed by atoms with Crippen molar-refractivity contribution < 1.29 is 4.74 Å². The van der Waals surface area contributed by atoms with Crippen LogP contribution in [0.15, 0.2) is 30.5 Å². The molecular formula is C17H22N4O. The molecule has 2 heterocycles. The number of benzene rings is 1. The van der Waals surface area contributed by atoms with Crippen molar-refractivity contribution >= 4 is 5.69 Å². The van der Waals surface area contributed by atoms with E-state index in [0.717, 1.165) is 61.1 Å². The molecule has 1 aliphatic heterocycles. The number of anilines is 1. The molecule has 0 saturated carbocycles. The topological polar surface area (TPSA) is 50.3 Å². The van der Waals surface area contributed by atoms with Gasteiger partial charge in [-0.1, -0.05) is 19.1 Å². The van der Waals surface area contributed by atoms with E-state index in [0.29, 0.717) is 0 Å². The highest BCUT2D eigenvalue weighted by Crippen LogP contribution is 2.31. The summed E-state index contributed by atoms with van der Waals surface area (Å²) in [6, 6.07) is 8.07. The molecule has 0 radical (unpaired) electrons. The Morgan fingerprint density at radius 2 is 2.09 bits per heavy atom. The summed E-state index contributed by atoms with van der Waals surface area (Å²) in [5.74, 6) is 1.72. The molecule has 1 saturated heterocycles. The number of rotatable bonds is 4. The molecule has 0 unspecified atom stereocenters. The van der Waals surface area contributed by atoms with Crippen molar-refractivity contribution in [3.05, 3.63) is 36.3 Å². The van der Waals surface area contributed by atoms with E-state index in [9.17, 15) is 0 Å². The van der Waals surface area contributed by atoms with E-state index in [-0.39, 0.29) is 0 Å². The van der Waals surface area contributed by atoms with Gasteiger partial charge in [0.15, 0.2) is 0 Å². The van der Waals surface area contributed by atoms with E-state index < -0.39 is 0 Å². The maximum Gasteiger partial charge on any atom is 0.128 e. The van der Waals surface area contributed by atoms with Crippen molar-refractivity contribution in [2.75, 3.05) is 38.2 Å². The fourth-order valence-corrected chi connectivity index (χ4v) is 2.70. The van der Waals surface area contributed by atoms with Crippen LogP contribution in [-0.2, 0) is 6.42 Å². The number of ether oxygens (including phenoxy) is 1. The van der Waals surface area contributed by atoms with Gasteiger partial charge in [-0.2, -0.15) is 0 Å². The molecule has 22 heavy (non-hydrogen) atoms. The van der Waals surface area contributed by atoms with Crippen LogP contribution >= 0.6 is 0 Å². The minimum absolute atomic E-state index is 0.832. The van der Waals surface area contributed by atoms with Crippen LogP contribution in [0, 0.1) is 0 Å². The summed E-state index contributed by atoms with van der Waals surface area (Å²) in [7, 11) is 1.69. The Hall–Kier alpha value is -2.14. The van der Waals surface area contributed by atoms with E-state index >= 15 is 0 Å². The SMILES string of the molecule is CCc1ncc(N2CCNCC2)c(-c2cccc(OC)c2)n1. The second-order valence-corrected chi connectivity index (χ2v) is 5.34. The Morgan fingerprint density at radius 3 is 2.82 bits per heavy atom. The van der Waals surface area contributed by atoms with Crippen LogP contribution in [0.4, 0.5) is 5.69 Å². The monoisotopic (exact) mass is 298 g/mol. The summed E-state index contributed by atoms with van der Waals surface area (Å²) in [5, 5.41) is 3.38. The smallest absolute Gasteiger partial charge is 0.128 e. The molecule has 1 aromatic carbocycles. The van der Waals surface area contributed by atoms with Crippen LogP contribution in [0.2, 0.25) is 0 Å². The van der Waals surface area contributed by atoms with Crippen molar-refractivity contribution in [2.24, 2.45) is 0 Å². The highest BCUT2D eigenvalue weighted by Gasteiger charge is 2.17. The second kappa shape index (κ2) is 6.75. The first-order valence-electron chi connectivity index (χ1n) is 7.78. The van der Waals surface area contributed by atoms with Crippen LogP contribution in [0.5, 0.6) is 5.75 Å². The Balaban J connectivity index is 2.05. The Morgan fingerprint density at radius 1 is 1.27 bits per heavy atom. The van der Waals surface area contributed by atoms with Crippen molar-refractivity contribution in [1.29, 1.82) is 0 Å². The molecule has 0 bridgehead atoms. The van der Waals surface area contributed by atoms with Gasteiger partial charge < -0.3 is 15.0 Å². The first kappa shape index (κ1) is 14.8. The third-order valence-electron chi connectivity index (χ3n) is 3.94. The molecule has 1 fully saturated rings. The highest BCUT2D eigenvalue weighted by atomic mass is 16.5. The predicted molar refractivity (Wildman–Crippen MR) is 88.5 cm³/mol. The Kier molecular flexibility index (Phi) is 4.53. The molecule has 5 nitrogen and oxygen atoms in total. The lowest BCUT2D eigenvalue weighted by molar-refractivity contribution is 0.415. The van der Waals surface area contributed by atoms with Gasteiger partial charge in [-0.15, -0.1) is 0 Å². The van der Waals surface area contributed by atoms with Gasteiger partial charge in [0.25, 0.3) is 0 Å². The molecule has 0 amide bonds. The van der Waals surface area contributed by atoms with Gasteiger partial charge in [-0.05, 0) is 12.1 Å². The molecule has 1 aromatic heterocycles.